The Labute approximate surface area is 246 Å². The Morgan fingerprint density at radius 2 is 1.52 bits per heavy atom. The van der Waals surface area contributed by atoms with E-state index in [9.17, 15) is 21.6 Å². The second kappa shape index (κ2) is 12.2. The number of methoxy groups -OCH3 is 1. The number of ether oxygens (including phenoxy) is 3. The summed E-state index contributed by atoms with van der Waals surface area (Å²) >= 11 is 0. The highest BCUT2D eigenvalue weighted by Crippen LogP contribution is 2.38. The zero-order valence-corrected chi connectivity index (χ0v) is 25.0. The number of benzene rings is 3. The molecule has 0 bridgehead atoms. The number of hydrogen-bond acceptors (Lipinski definition) is 8. The van der Waals surface area contributed by atoms with E-state index in [1.807, 2.05) is 6.92 Å². The molecular formula is C29H33N3O8S2. The lowest BCUT2D eigenvalue weighted by Crippen LogP contribution is -2.51. The quantitative estimate of drug-likeness (QED) is 0.345. The third kappa shape index (κ3) is 6.18. The number of hydrogen-bond donors (Lipinski definition) is 1. The lowest BCUT2D eigenvalue weighted by atomic mass is 10.1. The van der Waals surface area contributed by atoms with Crippen molar-refractivity contribution < 1.29 is 35.8 Å². The molecule has 0 saturated carbocycles. The van der Waals surface area contributed by atoms with Gasteiger partial charge in [0.25, 0.3) is 15.9 Å². The molecule has 1 amide bonds. The van der Waals surface area contributed by atoms with Crippen LogP contribution in [-0.4, -0.2) is 73.0 Å². The molecule has 0 radical (unpaired) electrons. The molecule has 1 fully saturated rings. The number of anilines is 1. The summed E-state index contributed by atoms with van der Waals surface area (Å²) in [6.45, 7) is 2.92. The maximum atomic E-state index is 13.6. The zero-order valence-electron chi connectivity index (χ0n) is 23.4. The Balaban J connectivity index is 1.21. The molecule has 3 aromatic carbocycles. The molecule has 5 rings (SSSR count). The van der Waals surface area contributed by atoms with Gasteiger partial charge in [0.05, 0.1) is 35.7 Å². The molecule has 13 heteroatoms. The molecular weight excluding hydrogens is 582 g/mol. The molecule has 2 aliphatic rings. The average Bonchev–Trinajstić information content (AvgIpc) is 3.55. The van der Waals surface area contributed by atoms with Crippen LogP contribution in [0.3, 0.4) is 0 Å². The summed E-state index contributed by atoms with van der Waals surface area (Å²) in [6, 6.07) is 17.4. The van der Waals surface area contributed by atoms with Gasteiger partial charge in [-0.3, -0.25) is 9.10 Å². The number of aryl methyl sites for hydroxylation is 1. The standard InChI is InChI=1S/C29H33N3O8S2/c1-21-5-14-26-27(19-21)40-28(20-32(26)42(36,37)25-10-6-22(38-2)7-11-25)29(33)30-15-18-39-23-8-12-24(13-9-23)41(34,35)31-16-3-4-17-31/h5-14,19,28H,3-4,15-18,20H2,1-2H3,(H,30,33). The van der Waals surface area contributed by atoms with Crippen molar-refractivity contribution in [2.24, 2.45) is 0 Å². The number of sulfonamides is 2. The Morgan fingerprint density at radius 1 is 0.905 bits per heavy atom. The summed E-state index contributed by atoms with van der Waals surface area (Å²) in [5, 5.41) is 2.74. The van der Waals surface area contributed by atoms with Crippen LogP contribution in [0.4, 0.5) is 5.69 Å². The molecule has 2 aliphatic heterocycles. The van der Waals surface area contributed by atoms with Crippen molar-refractivity contribution in [3.05, 3.63) is 72.3 Å². The lowest BCUT2D eigenvalue weighted by Gasteiger charge is -2.35. The van der Waals surface area contributed by atoms with E-state index in [2.05, 4.69) is 5.32 Å². The topological polar surface area (TPSA) is 132 Å². The number of amides is 1. The first-order chi connectivity index (χ1) is 20.1. The van der Waals surface area contributed by atoms with Gasteiger partial charge < -0.3 is 19.5 Å². The van der Waals surface area contributed by atoms with Crippen molar-refractivity contribution in [2.75, 3.05) is 44.2 Å². The molecule has 1 unspecified atom stereocenters. The SMILES string of the molecule is COc1ccc(S(=O)(=O)N2CC(C(=O)NCCOc3ccc(S(=O)(=O)N4CCCC4)cc3)Oc3cc(C)ccc32)cc1. The largest absolute Gasteiger partial charge is 0.497 e. The van der Waals surface area contributed by atoms with Gasteiger partial charge in [0.15, 0.2) is 6.10 Å². The fraction of sp³-hybridized carbons (Fsp3) is 0.345. The lowest BCUT2D eigenvalue weighted by molar-refractivity contribution is -0.127. The second-order valence-corrected chi connectivity index (χ2v) is 13.8. The highest BCUT2D eigenvalue weighted by molar-refractivity contribution is 7.92. The van der Waals surface area contributed by atoms with Crippen molar-refractivity contribution in [3.63, 3.8) is 0 Å². The van der Waals surface area contributed by atoms with E-state index in [1.165, 1.54) is 40.0 Å². The summed E-state index contributed by atoms with van der Waals surface area (Å²) < 4.78 is 72.1. The van der Waals surface area contributed by atoms with Gasteiger partial charge in [-0.15, -0.1) is 0 Å². The zero-order chi connectivity index (χ0) is 29.9. The maximum Gasteiger partial charge on any atom is 0.264 e. The molecule has 2 heterocycles. The number of fused-ring (bicyclic) bond motifs is 1. The predicted octanol–water partition coefficient (Wildman–Crippen LogP) is 2.94. The van der Waals surface area contributed by atoms with E-state index < -0.39 is 32.1 Å². The van der Waals surface area contributed by atoms with Crippen LogP contribution in [0.15, 0.2) is 76.5 Å². The smallest absolute Gasteiger partial charge is 0.264 e. The Morgan fingerprint density at radius 3 is 2.17 bits per heavy atom. The van der Waals surface area contributed by atoms with Crippen molar-refractivity contribution in [3.8, 4) is 17.2 Å². The summed E-state index contributed by atoms with van der Waals surface area (Å²) in [6.07, 6.45) is 0.629. The van der Waals surface area contributed by atoms with Crippen LogP contribution < -0.4 is 23.8 Å². The first kappa shape index (κ1) is 29.7. The monoisotopic (exact) mass is 615 g/mol. The van der Waals surface area contributed by atoms with E-state index in [0.29, 0.717) is 36.0 Å². The molecule has 11 nitrogen and oxygen atoms in total. The van der Waals surface area contributed by atoms with Gasteiger partial charge in [0.2, 0.25) is 10.0 Å². The Kier molecular flexibility index (Phi) is 8.62. The second-order valence-electron chi connectivity index (χ2n) is 10.0. The molecule has 1 atom stereocenters. The van der Waals surface area contributed by atoms with E-state index in [0.717, 1.165) is 18.4 Å². The number of carbonyl (C=O) groups excluding carboxylic acids is 1. The van der Waals surface area contributed by atoms with Gasteiger partial charge in [0, 0.05) is 13.1 Å². The van der Waals surface area contributed by atoms with Crippen LogP contribution >= 0.6 is 0 Å². The minimum atomic E-state index is -4.01. The summed E-state index contributed by atoms with van der Waals surface area (Å²) in [5.41, 5.74) is 1.20. The molecule has 1 saturated heterocycles. The number of nitrogens with zero attached hydrogens (tertiary/aromatic N) is 2. The minimum absolute atomic E-state index is 0.0588. The fourth-order valence-corrected chi connectivity index (χ4v) is 7.84. The van der Waals surface area contributed by atoms with E-state index >= 15 is 0 Å². The third-order valence-corrected chi connectivity index (χ3v) is 10.8. The Bertz CT molecular complexity index is 1640. The van der Waals surface area contributed by atoms with Gasteiger partial charge in [-0.25, -0.2) is 16.8 Å². The van der Waals surface area contributed by atoms with Crippen LogP contribution in [0.1, 0.15) is 18.4 Å². The highest BCUT2D eigenvalue weighted by atomic mass is 32.2. The third-order valence-electron chi connectivity index (χ3n) is 7.12. The summed E-state index contributed by atoms with van der Waals surface area (Å²) in [5.74, 6) is 0.778. The average molecular weight is 616 g/mol. The van der Waals surface area contributed by atoms with Gasteiger partial charge in [-0.05, 0) is 86.0 Å². The van der Waals surface area contributed by atoms with Crippen LogP contribution in [0.2, 0.25) is 0 Å². The summed E-state index contributed by atoms with van der Waals surface area (Å²) in [4.78, 5) is 13.3. The number of carbonyl (C=O) groups is 1. The van der Waals surface area contributed by atoms with Gasteiger partial charge in [-0.2, -0.15) is 4.31 Å². The number of nitrogens with one attached hydrogen (secondary N) is 1. The van der Waals surface area contributed by atoms with Crippen LogP contribution in [0.5, 0.6) is 17.2 Å². The highest BCUT2D eigenvalue weighted by Gasteiger charge is 2.37. The molecule has 3 aromatic rings. The normalized spacial score (nSPS) is 17.3. The van der Waals surface area contributed by atoms with Gasteiger partial charge in [-0.1, -0.05) is 6.07 Å². The molecule has 0 aromatic heterocycles. The maximum absolute atomic E-state index is 13.6. The van der Waals surface area contributed by atoms with E-state index in [4.69, 9.17) is 14.2 Å². The van der Waals surface area contributed by atoms with E-state index in [-0.39, 0.29) is 29.5 Å². The Hall–Kier alpha value is -3.81. The van der Waals surface area contributed by atoms with Crippen molar-refractivity contribution >= 4 is 31.6 Å². The van der Waals surface area contributed by atoms with Crippen LogP contribution in [0, 0.1) is 6.92 Å². The van der Waals surface area contributed by atoms with Crippen molar-refractivity contribution in [1.82, 2.24) is 9.62 Å². The molecule has 224 valence electrons. The van der Waals surface area contributed by atoms with Crippen molar-refractivity contribution in [2.45, 2.75) is 35.7 Å². The fourth-order valence-electron chi connectivity index (χ4n) is 4.84. The van der Waals surface area contributed by atoms with Crippen LogP contribution in [-0.2, 0) is 24.8 Å². The molecule has 0 spiro atoms. The first-order valence-electron chi connectivity index (χ1n) is 13.5. The van der Waals surface area contributed by atoms with Crippen LogP contribution in [0.25, 0.3) is 0 Å². The van der Waals surface area contributed by atoms with Gasteiger partial charge >= 0.3 is 0 Å². The minimum Gasteiger partial charge on any atom is -0.497 e. The molecule has 42 heavy (non-hydrogen) atoms. The molecule has 0 aliphatic carbocycles. The summed E-state index contributed by atoms with van der Waals surface area (Å²) in [7, 11) is -6.03. The molecule has 1 N–H and O–H groups in total. The number of rotatable bonds is 10. The van der Waals surface area contributed by atoms with Crippen molar-refractivity contribution in [1.29, 1.82) is 0 Å². The van der Waals surface area contributed by atoms with Gasteiger partial charge in [0.1, 0.15) is 23.9 Å². The predicted molar refractivity (Wildman–Crippen MR) is 156 cm³/mol. The first-order valence-corrected chi connectivity index (χ1v) is 16.4. The van der Waals surface area contributed by atoms with E-state index in [1.54, 1.807) is 42.5 Å².